The van der Waals surface area contributed by atoms with E-state index < -0.39 is 5.54 Å². The van der Waals surface area contributed by atoms with Crippen molar-refractivity contribution in [3.8, 4) is 11.7 Å². The number of hydrogen-bond acceptors (Lipinski definition) is 5. The summed E-state index contributed by atoms with van der Waals surface area (Å²) in [5.74, 6) is 1.41. The summed E-state index contributed by atoms with van der Waals surface area (Å²) in [5.41, 5.74) is 5.43. The highest BCUT2D eigenvalue weighted by atomic mass is 16.5. The van der Waals surface area contributed by atoms with Crippen LogP contribution in [0, 0.1) is 0 Å². The van der Waals surface area contributed by atoms with Gasteiger partial charge >= 0.3 is 0 Å². The predicted molar refractivity (Wildman–Crippen MR) is 53.8 cm³/mol. The van der Waals surface area contributed by atoms with Gasteiger partial charge in [-0.15, -0.1) is 0 Å². The lowest BCUT2D eigenvalue weighted by atomic mass is 10.0. The second kappa shape index (κ2) is 3.51. The zero-order chi connectivity index (χ0) is 10.9. The molecule has 5 nitrogen and oxygen atoms in total. The van der Waals surface area contributed by atoms with Crippen molar-refractivity contribution in [2.45, 2.75) is 25.8 Å². The molecule has 15 heavy (non-hydrogen) atoms. The quantitative estimate of drug-likeness (QED) is 0.831. The molecule has 2 rings (SSSR count). The molecule has 2 N–H and O–H groups in total. The van der Waals surface area contributed by atoms with Crippen LogP contribution in [0.1, 0.15) is 26.1 Å². The molecule has 0 aliphatic heterocycles. The summed E-state index contributed by atoms with van der Waals surface area (Å²) in [6.07, 6.45) is 2.30. The standard InChI is InChI=1S/C10H13N3O2/c1-3-10(2,11)9-12-8(15-13-9)7-5-4-6-14-7/h4-6H,3,11H2,1-2H3. The van der Waals surface area contributed by atoms with Crippen molar-refractivity contribution in [1.29, 1.82) is 0 Å². The number of nitrogens with two attached hydrogens (primary N) is 1. The van der Waals surface area contributed by atoms with Crippen molar-refractivity contribution in [3.63, 3.8) is 0 Å². The fourth-order valence-electron chi connectivity index (χ4n) is 1.11. The molecule has 0 amide bonds. The van der Waals surface area contributed by atoms with E-state index in [4.69, 9.17) is 14.7 Å². The number of hydrogen-bond donors (Lipinski definition) is 1. The first-order valence-electron chi connectivity index (χ1n) is 4.80. The molecule has 1 unspecified atom stereocenters. The van der Waals surface area contributed by atoms with Gasteiger partial charge in [-0.25, -0.2) is 0 Å². The summed E-state index contributed by atoms with van der Waals surface area (Å²) < 4.78 is 10.2. The average Bonchev–Trinajstić information content (AvgIpc) is 2.88. The third-order valence-corrected chi connectivity index (χ3v) is 2.40. The van der Waals surface area contributed by atoms with Crippen molar-refractivity contribution >= 4 is 0 Å². The van der Waals surface area contributed by atoms with E-state index in [2.05, 4.69) is 10.1 Å². The number of nitrogens with zero attached hydrogens (tertiary/aromatic N) is 2. The summed E-state index contributed by atoms with van der Waals surface area (Å²) in [6, 6.07) is 3.53. The lowest BCUT2D eigenvalue weighted by molar-refractivity contribution is 0.373. The van der Waals surface area contributed by atoms with E-state index in [1.807, 2.05) is 13.8 Å². The maximum absolute atomic E-state index is 5.99. The lowest BCUT2D eigenvalue weighted by Gasteiger charge is -2.16. The summed E-state index contributed by atoms with van der Waals surface area (Å²) in [5, 5.41) is 3.84. The molecule has 0 radical (unpaired) electrons. The minimum absolute atomic E-state index is 0.361. The van der Waals surface area contributed by atoms with E-state index in [1.54, 1.807) is 18.4 Å². The fourth-order valence-corrected chi connectivity index (χ4v) is 1.11. The minimum atomic E-state index is -0.561. The Morgan fingerprint density at radius 1 is 1.53 bits per heavy atom. The van der Waals surface area contributed by atoms with Crippen LogP contribution in [-0.4, -0.2) is 10.1 Å². The molecule has 2 aromatic heterocycles. The zero-order valence-corrected chi connectivity index (χ0v) is 8.73. The first kappa shape index (κ1) is 9.92. The molecule has 0 saturated carbocycles. The van der Waals surface area contributed by atoms with Crippen LogP contribution in [0.25, 0.3) is 11.7 Å². The Balaban J connectivity index is 2.33. The Bertz CT molecular complexity index is 431. The first-order chi connectivity index (χ1) is 7.13. The van der Waals surface area contributed by atoms with Crippen LogP contribution in [0.4, 0.5) is 0 Å². The second-order valence-corrected chi connectivity index (χ2v) is 3.67. The van der Waals surface area contributed by atoms with E-state index in [-0.39, 0.29) is 0 Å². The average molecular weight is 207 g/mol. The van der Waals surface area contributed by atoms with E-state index in [1.165, 1.54) is 0 Å². The Labute approximate surface area is 87.3 Å². The third kappa shape index (κ3) is 1.78. The van der Waals surface area contributed by atoms with Crippen LogP contribution in [0.3, 0.4) is 0 Å². The van der Waals surface area contributed by atoms with Crippen LogP contribution in [0.15, 0.2) is 27.3 Å². The van der Waals surface area contributed by atoms with E-state index in [0.717, 1.165) is 6.42 Å². The Kier molecular flexibility index (Phi) is 2.32. The number of furan rings is 1. The molecule has 0 fully saturated rings. The van der Waals surface area contributed by atoms with Gasteiger partial charge < -0.3 is 14.7 Å². The SMILES string of the molecule is CCC(C)(N)c1noc(-c2ccco2)n1. The molecule has 0 aromatic carbocycles. The molecule has 0 spiro atoms. The molecular formula is C10H13N3O2. The molecule has 0 aliphatic rings. The third-order valence-electron chi connectivity index (χ3n) is 2.40. The first-order valence-corrected chi connectivity index (χ1v) is 4.80. The van der Waals surface area contributed by atoms with Gasteiger partial charge in [-0.2, -0.15) is 4.98 Å². The van der Waals surface area contributed by atoms with Gasteiger partial charge in [0.15, 0.2) is 11.6 Å². The summed E-state index contributed by atoms with van der Waals surface area (Å²) in [4.78, 5) is 4.20. The van der Waals surface area contributed by atoms with Gasteiger partial charge in [-0.3, -0.25) is 0 Å². The smallest absolute Gasteiger partial charge is 0.293 e. The van der Waals surface area contributed by atoms with Gasteiger partial charge in [0.25, 0.3) is 5.89 Å². The van der Waals surface area contributed by atoms with Crippen molar-refractivity contribution in [3.05, 3.63) is 24.2 Å². The van der Waals surface area contributed by atoms with Crippen LogP contribution in [0.5, 0.6) is 0 Å². The monoisotopic (exact) mass is 207 g/mol. The van der Waals surface area contributed by atoms with Crippen LogP contribution in [0.2, 0.25) is 0 Å². The summed E-state index contributed by atoms with van der Waals surface area (Å²) in [7, 11) is 0. The zero-order valence-electron chi connectivity index (χ0n) is 8.73. The molecular weight excluding hydrogens is 194 g/mol. The highest BCUT2D eigenvalue weighted by molar-refractivity contribution is 5.43. The van der Waals surface area contributed by atoms with Crippen molar-refractivity contribution in [1.82, 2.24) is 10.1 Å². The topological polar surface area (TPSA) is 78.1 Å². The molecule has 0 bridgehead atoms. The normalized spacial score (nSPS) is 15.1. The predicted octanol–water partition coefficient (Wildman–Crippen LogP) is 1.91. The number of aromatic nitrogens is 2. The summed E-state index contributed by atoms with van der Waals surface area (Å²) in [6.45, 7) is 3.84. The van der Waals surface area contributed by atoms with Crippen LogP contribution < -0.4 is 5.73 Å². The van der Waals surface area contributed by atoms with Gasteiger partial charge in [0.1, 0.15) is 0 Å². The van der Waals surface area contributed by atoms with E-state index in [0.29, 0.717) is 17.5 Å². The Hall–Kier alpha value is -1.62. The largest absolute Gasteiger partial charge is 0.459 e. The van der Waals surface area contributed by atoms with Gasteiger partial charge in [-0.05, 0) is 25.5 Å². The van der Waals surface area contributed by atoms with Crippen molar-refractivity contribution < 1.29 is 8.94 Å². The van der Waals surface area contributed by atoms with Crippen LogP contribution in [-0.2, 0) is 5.54 Å². The summed E-state index contributed by atoms with van der Waals surface area (Å²) >= 11 is 0. The van der Waals surface area contributed by atoms with E-state index in [9.17, 15) is 0 Å². The second-order valence-electron chi connectivity index (χ2n) is 3.67. The maximum Gasteiger partial charge on any atom is 0.293 e. The molecule has 2 aromatic rings. The highest BCUT2D eigenvalue weighted by Crippen LogP contribution is 2.22. The Morgan fingerprint density at radius 3 is 2.93 bits per heavy atom. The molecule has 1 atom stereocenters. The number of rotatable bonds is 3. The molecule has 5 heteroatoms. The highest BCUT2D eigenvalue weighted by Gasteiger charge is 2.26. The lowest BCUT2D eigenvalue weighted by Crippen LogP contribution is -2.33. The molecule has 2 heterocycles. The molecule has 0 aliphatic carbocycles. The van der Waals surface area contributed by atoms with Gasteiger partial charge in [0.2, 0.25) is 0 Å². The van der Waals surface area contributed by atoms with Crippen molar-refractivity contribution in [2.24, 2.45) is 5.73 Å². The molecule has 80 valence electrons. The maximum atomic E-state index is 5.99. The van der Waals surface area contributed by atoms with Gasteiger partial charge in [0.05, 0.1) is 11.8 Å². The fraction of sp³-hybridized carbons (Fsp3) is 0.400. The van der Waals surface area contributed by atoms with Crippen molar-refractivity contribution in [2.75, 3.05) is 0 Å². The Morgan fingerprint density at radius 2 is 2.33 bits per heavy atom. The van der Waals surface area contributed by atoms with Gasteiger partial charge in [0, 0.05) is 0 Å². The van der Waals surface area contributed by atoms with Crippen LogP contribution >= 0.6 is 0 Å². The molecule has 0 saturated heterocycles. The van der Waals surface area contributed by atoms with E-state index >= 15 is 0 Å². The minimum Gasteiger partial charge on any atom is -0.459 e. The van der Waals surface area contributed by atoms with Gasteiger partial charge in [-0.1, -0.05) is 12.1 Å².